The molecule has 1 rings (SSSR count). The molecule has 0 aromatic heterocycles. The number of alkyl halides is 1. The predicted molar refractivity (Wildman–Crippen MR) is 67.5 cm³/mol. The summed E-state index contributed by atoms with van der Waals surface area (Å²) in [5, 5.41) is 29.3. The Morgan fingerprint density at radius 1 is 1.41 bits per heavy atom. The predicted octanol–water partition coefficient (Wildman–Crippen LogP) is 1.87. The van der Waals surface area contributed by atoms with Crippen molar-refractivity contribution in [2.24, 2.45) is 0 Å². The Morgan fingerprint density at radius 2 is 2.06 bits per heavy atom. The number of carbonyl (C=O) groups is 1. The van der Waals surface area contributed by atoms with Gasteiger partial charge in [-0.05, 0) is 24.5 Å². The number of halogens is 1. The van der Waals surface area contributed by atoms with Crippen LogP contribution in [0, 0.1) is 6.92 Å². The molecular weight excluding hydrogens is 288 g/mol. The minimum Gasteiger partial charge on any atom is -0.478 e. The standard InChI is InChI=1S/C12H15BrO4/c1-7-3-2-4-8(10(7)12(16)17)11(15)9(14)5-6-13/h2-4,9,11,14-15H,5-6H2,1H3,(H,16,17). The quantitative estimate of drug-likeness (QED) is 0.726. The molecule has 0 saturated heterocycles. The molecule has 0 aliphatic rings. The molecule has 1 aromatic carbocycles. The van der Waals surface area contributed by atoms with E-state index in [4.69, 9.17) is 5.11 Å². The second-order valence-electron chi connectivity index (χ2n) is 3.83. The molecule has 2 unspecified atom stereocenters. The molecule has 5 heteroatoms. The van der Waals surface area contributed by atoms with Gasteiger partial charge in [0.25, 0.3) is 0 Å². The van der Waals surface area contributed by atoms with Gasteiger partial charge in [0.1, 0.15) is 6.10 Å². The summed E-state index contributed by atoms with van der Waals surface area (Å²) in [7, 11) is 0. The second-order valence-corrected chi connectivity index (χ2v) is 4.63. The second kappa shape index (κ2) is 6.14. The summed E-state index contributed by atoms with van der Waals surface area (Å²) < 4.78 is 0. The normalized spacial score (nSPS) is 14.4. The van der Waals surface area contributed by atoms with Crippen LogP contribution >= 0.6 is 15.9 Å². The van der Waals surface area contributed by atoms with E-state index in [0.717, 1.165) is 0 Å². The topological polar surface area (TPSA) is 77.8 Å². The molecule has 94 valence electrons. The van der Waals surface area contributed by atoms with Gasteiger partial charge in [0.05, 0.1) is 11.7 Å². The lowest BCUT2D eigenvalue weighted by Crippen LogP contribution is -2.21. The average molecular weight is 303 g/mol. The first-order chi connectivity index (χ1) is 7.99. The highest BCUT2D eigenvalue weighted by Crippen LogP contribution is 2.25. The summed E-state index contributed by atoms with van der Waals surface area (Å²) in [6.45, 7) is 1.66. The maximum absolute atomic E-state index is 11.1. The number of hydrogen-bond donors (Lipinski definition) is 3. The third kappa shape index (κ3) is 3.28. The van der Waals surface area contributed by atoms with Gasteiger partial charge in [0, 0.05) is 5.33 Å². The largest absolute Gasteiger partial charge is 0.478 e. The van der Waals surface area contributed by atoms with E-state index < -0.39 is 18.2 Å². The minimum atomic E-state index is -1.18. The minimum absolute atomic E-state index is 0.0635. The maximum atomic E-state index is 11.1. The summed E-state index contributed by atoms with van der Waals surface area (Å²) in [6.07, 6.45) is -1.80. The Labute approximate surface area is 108 Å². The highest BCUT2D eigenvalue weighted by atomic mass is 79.9. The molecule has 0 saturated carbocycles. The fraction of sp³-hybridized carbons (Fsp3) is 0.417. The van der Waals surface area contributed by atoms with E-state index in [9.17, 15) is 15.0 Å². The van der Waals surface area contributed by atoms with Gasteiger partial charge in [-0.2, -0.15) is 0 Å². The van der Waals surface area contributed by atoms with Crippen LogP contribution in [0.4, 0.5) is 0 Å². The van der Waals surface area contributed by atoms with Gasteiger partial charge in [0.15, 0.2) is 0 Å². The molecule has 0 amide bonds. The zero-order valence-corrected chi connectivity index (χ0v) is 11.0. The van der Waals surface area contributed by atoms with Crippen molar-refractivity contribution in [3.63, 3.8) is 0 Å². The Balaban J connectivity index is 3.13. The fourth-order valence-electron chi connectivity index (χ4n) is 1.71. The summed E-state index contributed by atoms with van der Waals surface area (Å²) >= 11 is 3.17. The van der Waals surface area contributed by atoms with E-state index in [1.807, 2.05) is 0 Å². The van der Waals surface area contributed by atoms with E-state index in [1.165, 1.54) is 6.07 Å². The Kier molecular flexibility index (Phi) is 5.11. The summed E-state index contributed by atoms with van der Waals surface area (Å²) in [5.74, 6) is -1.09. The van der Waals surface area contributed by atoms with Crippen LogP contribution in [0.1, 0.15) is 34.0 Å². The van der Waals surface area contributed by atoms with Gasteiger partial charge in [-0.1, -0.05) is 34.1 Å². The molecule has 0 radical (unpaired) electrons. The Hall–Kier alpha value is -0.910. The molecule has 0 aliphatic carbocycles. The zero-order valence-electron chi connectivity index (χ0n) is 9.43. The van der Waals surface area contributed by atoms with Crippen LogP contribution in [0.5, 0.6) is 0 Å². The van der Waals surface area contributed by atoms with E-state index in [-0.39, 0.29) is 11.1 Å². The van der Waals surface area contributed by atoms with Crippen molar-refractivity contribution in [1.29, 1.82) is 0 Å². The first-order valence-corrected chi connectivity index (χ1v) is 6.36. The molecule has 0 fully saturated rings. The van der Waals surface area contributed by atoms with E-state index in [2.05, 4.69) is 15.9 Å². The van der Waals surface area contributed by atoms with Gasteiger partial charge in [0.2, 0.25) is 0 Å². The summed E-state index contributed by atoms with van der Waals surface area (Å²) in [5.41, 5.74) is 0.889. The number of aryl methyl sites for hydroxylation is 1. The van der Waals surface area contributed by atoms with Crippen molar-refractivity contribution in [3.05, 3.63) is 34.9 Å². The molecule has 1 aromatic rings. The van der Waals surface area contributed by atoms with Crippen molar-refractivity contribution in [2.45, 2.75) is 25.6 Å². The Morgan fingerprint density at radius 3 is 2.59 bits per heavy atom. The third-order valence-electron chi connectivity index (χ3n) is 2.61. The van der Waals surface area contributed by atoms with Crippen LogP contribution in [0.3, 0.4) is 0 Å². The van der Waals surface area contributed by atoms with Gasteiger partial charge in [-0.25, -0.2) is 4.79 Å². The molecule has 0 aliphatic heterocycles. The van der Waals surface area contributed by atoms with Crippen molar-refractivity contribution >= 4 is 21.9 Å². The molecule has 0 spiro atoms. The first-order valence-electron chi connectivity index (χ1n) is 5.24. The number of aliphatic hydroxyl groups is 2. The number of benzene rings is 1. The SMILES string of the molecule is Cc1cccc(C(O)C(O)CCBr)c1C(=O)O. The number of aromatic carboxylic acids is 1. The molecule has 4 nitrogen and oxygen atoms in total. The van der Waals surface area contributed by atoms with Crippen LogP contribution in [0.15, 0.2) is 18.2 Å². The lowest BCUT2D eigenvalue weighted by atomic mass is 9.94. The Bertz CT molecular complexity index is 405. The van der Waals surface area contributed by atoms with E-state index >= 15 is 0 Å². The third-order valence-corrected chi connectivity index (χ3v) is 3.06. The number of aliphatic hydroxyl groups excluding tert-OH is 2. The van der Waals surface area contributed by atoms with Crippen LogP contribution in [0.25, 0.3) is 0 Å². The van der Waals surface area contributed by atoms with Crippen LogP contribution in [0.2, 0.25) is 0 Å². The molecule has 2 atom stereocenters. The molecular formula is C12H15BrO4. The lowest BCUT2D eigenvalue weighted by Gasteiger charge is -2.19. The van der Waals surface area contributed by atoms with E-state index in [1.54, 1.807) is 19.1 Å². The highest BCUT2D eigenvalue weighted by Gasteiger charge is 2.24. The van der Waals surface area contributed by atoms with Crippen molar-refractivity contribution < 1.29 is 20.1 Å². The van der Waals surface area contributed by atoms with Gasteiger partial charge in [-0.15, -0.1) is 0 Å². The lowest BCUT2D eigenvalue weighted by molar-refractivity contribution is 0.0163. The molecule has 3 N–H and O–H groups in total. The van der Waals surface area contributed by atoms with Gasteiger partial charge < -0.3 is 15.3 Å². The van der Waals surface area contributed by atoms with E-state index in [0.29, 0.717) is 17.3 Å². The van der Waals surface area contributed by atoms with Crippen molar-refractivity contribution in [3.8, 4) is 0 Å². The van der Waals surface area contributed by atoms with Crippen molar-refractivity contribution in [2.75, 3.05) is 5.33 Å². The monoisotopic (exact) mass is 302 g/mol. The summed E-state index contributed by atoms with van der Waals surface area (Å²) in [6, 6.07) is 4.86. The number of hydrogen-bond acceptors (Lipinski definition) is 3. The average Bonchev–Trinajstić information content (AvgIpc) is 2.27. The van der Waals surface area contributed by atoms with Crippen LogP contribution in [-0.2, 0) is 0 Å². The van der Waals surface area contributed by atoms with Gasteiger partial charge in [-0.3, -0.25) is 0 Å². The van der Waals surface area contributed by atoms with Crippen molar-refractivity contribution in [1.82, 2.24) is 0 Å². The summed E-state index contributed by atoms with van der Waals surface area (Å²) in [4.78, 5) is 11.1. The molecule has 0 heterocycles. The maximum Gasteiger partial charge on any atom is 0.336 e. The number of carboxylic acid groups (broad SMARTS) is 1. The molecule has 17 heavy (non-hydrogen) atoms. The number of rotatable bonds is 5. The number of carboxylic acids is 1. The smallest absolute Gasteiger partial charge is 0.336 e. The molecule has 0 bridgehead atoms. The van der Waals surface area contributed by atoms with Crippen LogP contribution in [-0.4, -0.2) is 32.7 Å². The van der Waals surface area contributed by atoms with Gasteiger partial charge >= 0.3 is 5.97 Å². The first kappa shape index (κ1) is 14.2. The highest BCUT2D eigenvalue weighted by molar-refractivity contribution is 9.09. The zero-order chi connectivity index (χ0) is 13.0. The van der Waals surface area contributed by atoms with Crippen LogP contribution < -0.4 is 0 Å². The fourth-order valence-corrected chi connectivity index (χ4v) is 2.18.